The van der Waals surface area contributed by atoms with Crippen molar-refractivity contribution in [3.63, 3.8) is 0 Å². The number of nitrogens with one attached hydrogen (secondary N) is 19. The third kappa shape index (κ3) is 39.6. The molecule has 49 heteroatoms. The van der Waals surface area contributed by atoms with Crippen LogP contribution in [0.15, 0.2) is 67.1 Å². The van der Waals surface area contributed by atoms with E-state index in [4.69, 9.17) is 33.8 Å². The average molecular weight is 1780 g/mol. The molecular formula is C77H118N24O25. The van der Waals surface area contributed by atoms with Gasteiger partial charge in [-0.05, 0) is 86.5 Å². The van der Waals surface area contributed by atoms with Crippen LogP contribution < -0.4 is 108 Å². The van der Waals surface area contributed by atoms with Crippen molar-refractivity contribution in [2.45, 2.75) is 216 Å². The molecule has 49 nitrogen and oxygen atoms in total. The van der Waals surface area contributed by atoms with Crippen molar-refractivity contribution >= 4 is 118 Å². The van der Waals surface area contributed by atoms with Crippen molar-refractivity contribution in [3.8, 4) is 5.75 Å². The molecule has 0 unspecified atom stereocenters. The number of carbonyl (C=O) groups excluding carboxylic acids is 15. The number of guanidine groups is 2. The number of benzene rings is 2. The molecule has 0 bridgehead atoms. The molecule has 34 N–H and O–H groups in total. The average Bonchev–Trinajstić information content (AvgIpc) is 0.913. The summed E-state index contributed by atoms with van der Waals surface area (Å²) in [5.74, 6) is -24.9. The number of aromatic amines is 1. The van der Waals surface area contributed by atoms with E-state index < -0.39 is 266 Å². The highest BCUT2D eigenvalue weighted by Crippen LogP contribution is 2.17. The van der Waals surface area contributed by atoms with E-state index in [0.717, 1.165) is 6.92 Å². The summed E-state index contributed by atoms with van der Waals surface area (Å²) in [6.07, 6.45) is -4.22. The van der Waals surface area contributed by atoms with Gasteiger partial charge in [-0.3, -0.25) is 92.3 Å². The molecule has 0 aliphatic heterocycles. The van der Waals surface area contributed by atoms with E-state index in [1.807, 2.05) is 0 Å². The number of aliphatic hydroxyl groups excluding tert-OH is 3. The Morgan fingerprint density at radius 2 is 0.810 bits per heavy atom. The Kier molecular flexibility index (Phi) is 45.7. The predicted molar refractivity (Wildman–Crippen MR) is 444 cm³/mol. The number of carbonyl (C=O) groups is 18. The van der Waals surface area contributed by atoms with Gasteiger partial charge in [0.25, 0.3) is 0 Å². The fraction of sp³-hybridized carbons (Fsp3) is 0.545. The maximum Gasteiger partial charge on any atom is 0.328 e. The number of hydrogen-bond acceptors (Lipinski definition) is 26. The van der Waals surface area contributed by atoms with Crippen molar-refractivity contribution in [1.82, 2.24) is 95.0 Å². The maximum atomic E-state index is 14.7. The lowest BCUT2D eigenvalue weighted by Gasteiger charge is -2.29. The molecule has 1 heterocycles. The molecule has 3 rings (SSSR count). The lowest BCUT2D eigenvalue weighted by Crippen LogP contribution is -2.62. The highest BCUT2D eigenvalue weighted by atomic mass is 16.4. The van der Waals surface area contributed by atoms with E-state index in [9.17, 15) is 122 Å². The summed E-state index contributed by atoms with van der Waals surface area (Å²) in [4.78, 5) is 252. The Morgan fingerprint density at radius 3 is 1.27 bits per heavy atom. The number of hydrogen-bond donors (Lipinski definition) is 30. The third-order valence-corrected chi connectivity index (χ3v) is 18.6. The first-order valence-corrected chi connectivity index (χ1v) is 40.0. The molecule has 0 aliphatic rings. The molecule has 0 aliphatic carbocycles. The first-order chi connectivity index (χ1) is 59.2. The van der Waals surface area contributed by atoms with Gasteiger partial charge >= 0.3 is 17.9 Å². The van der Waals surface area contributed by atoms with Crippen LogP contribution in [0.25, 0.3) is 0 Å². The Bertz CT molecular complexity index is 4240. The van der Waals surface area contributed by atoms with Gasteiger partial charge in [0.1, 0.15) is 84.3 Å². The van der Waals surface area contributed by atoms with Crippen LogP contribution in [0.1, 0.15) is 123 Å². The first-order valence-electron chi connectivity index (χ1n) is 40.0. The van der Waals surface area contributed by atoms with Crippen molar-refractivity contribution in [3.05, 3.63) is 83.9 Å². The number of nitrogens with two attached hydrogens (primary N) is 4. The minimum absolute atomic E-state index is 0.00557. The SMILES string of the molecule is CC(C)C[C@H](NC(=O)[C@H](CO)NC(=O)[C@H](CC(=O)O)NC(=O)[C@H](CCCNC(=N)N)NC(=O)[C@H](CC(=O)O)NC(=O)[C@@H](N)CC(C)C)C(=O)N[C@@H](Cc1ccc(O)cc1)C(=O)N[C@H](C(=O)N[C@@H](CC(N)=O)C(=O)NCC(=O)N[C@@H](Cc1ccccc1)C(=O)N[C@H](C(=O)N[C@@H](Cc1cnc[nH]1)C(=O)N[C@@H](CCCNC(=N)N)C(=O)N[C@@H](CO)C(=O)O)[C@@H](C)O)C(C)C. The van der Waals surface area contributed by atoms with Crippen LogP contribution in [-0.2, 0) is 106 Å². The number of imidazole rings is 1. The maximum absolute atomic E-state index is 14.7. The zero-order valence-electron chi connectivity index (χ0n) is 70.5. The lowest BCUT2D eigenvalue weighted by molar-refractivity contribution is -0.143. The Morgan fingerprint density at radius 1 is 0.421 bits per heavy atom. The number of aromatic hydroxyl groups is 1. The quantitative estimate of drug-likeness (QED) is 0.0142. The number of primary amides is 1. The van der Waals surface area contributed by atoms with Gasteiger partial charge in [-0.1, -0.05) is 84.0 Å². The summed E-state index contributed by atoms with van der Waals surface area (Å²) in [6.45, 7) is 7.34. The number of H-pyrrole nitrogens is 1. The minimum Gasteiger partial charge on any atom is -0.508 e. The standard InChI is InChI=1S/C77H118N24O25/c1-36(2)23-44(78)62(112)92-52(29-58(108)109)68(118)91-45(15-11-21-85-76(80)81)64(114)95-53(30-59(110)111)69(119)98-54(33-102)72(122)93-47(24-37(3)4)66(116)94-49(26-41-17-19-43(105)20-18-41)71(121)100-60(38(5)6)73(123)97-51(28-56(79)106)63(113)87-32-57(107)89-48(25-40-13-9-8-10-14-40)70(120)101-61(39(7)104)74(124)96-50(27-42-31-84-35-88-42)67(117)90-46(16-12-22-86-77(82)83)65(115)99-55(34-103)75(125)126/h8-10,13-14,17-20,31,35-39,44-55,60-61,102-105H,11-12,15-16,21-30,32-34,78H2,1-7H3,(H2,79,106)(H,84,88)(H,87,113)(H,89,107)(H,90,117)(H,91,118)(H,92,112)(H,93,122)(H,94,116)(H,95,114)(H,96,124)(H,97,123)(H,98,119)(H,99,115)(H,100,121)(H,101,120)(H,108,109)(H,110,111)(H,125,126)(H4,80,81,85)(H4,82,83,86)/t39-,44+,45+,46+,47+,48+,49+,50+,51+,52+,53+,54+,55+,60+,61+/m1/s1. The highest BCUT2D eigenvalue weighted by molar-refractivity contribution is 6.02. The zero-order chi connectivity index (χ0) is 94.8. The molecule has 0 saturated carbocycles. The molecule has 15 amide bonds. The van der Waals surface area contributed by atoms with Crippen LogP contribution in [0.3, 0.4) is 0 Å². The smallest absolute Gasteiger partial charge is 0.328 e. The van der Waals surface area contributed by atoms with E-state index in [1.54, 1.807) is 58.0 Å². The number of nitrogens with zero attached hydrogens (tertiary/aromatic N) is 1. The summed E-state index contributed by atoms with van der Waals surface area (Å²) in [6, 6.07) is -11.3. The van der Waals surface area contributed by atoms with Gasteiger partial charge in [0, 0.05) is 44.2 Å². The number of amides is 15. The molecule has 0 fully saturated rings. The predicted octanol–water partition coefficient (Wildman–Crippen LogP) is -9.56. The fourth-order valence-corrected chi connectivity index (χ4v) is 12.1. The van der Waals surface area contributed by atoms with E-state index >= 15 is 0 Å². The highest BCUT2D eigenvalue weighted by Gasteiger charge is 2.40. The molecule has 0 saturated heterocycles. The van der Waals surface area contributed by atoms with Gasteiger partial charge in [-0.2, -0.15) is 0 Å². The molecule has 15 atom stereocenters. The Hall–Kier alpha value is -13.7. The summed E-state index contributed by atoms with van der Waals surface area (Å²) in [7, 11) is 0. The normalized spacial score (nSPS) is 14.7. The van der Waals surface area contributed by atoms with Gasteiger partial charge in [-0.25, -0.2) is 9.78 Å². The van der Waals surface area contributed by atoms with E-state index in [-0.39, 0.29) is 87.4 Å². The number of phenols is 1. The lowest BCUT2D eigenvalue weighted by atomic mass is 9.99. The second-order valence-electron chi connectivity index (χ2n) is 30.6. The van der Waals surface area contributed by atoms with E-state index in [2.05, 4.69) is 95.0 Å². The van der Waals surface area contributed by atoms with Gasteiger partial charge in [0.05, 0.1) is 57.5 Å². The summed E-state index contributed by atoms with van der Waals surface area (Å²) in [5, 5.41) is 123. The number of aliphatic carboxylic acids is 3. The van der Waals surface area contributed by atoms with Crippen LogP contribution in [-0.4, -0.2) is 288 Å². The summed E-state index contributed by atoms with van der Waals surface area (Å²) in [5.41, 5.74) is 23.2. The van der Waals surface area contributed by atoms with E-state index in [0.29, 0.717) is 5.56 Å². The van der Waals surface area contributed by atoms with Crippen LogP contribution in [0.4, 0.5) is 0 Å². The molecule has 2 aromatic carbocycles. The van der Waals surface area contributed by atoms with Crippen LogP contribution in [0, 0.1) is 28.6 Å². The molecule has 126 heavy (non-hydrogen) atoms. The van der Waals surface area contributed by atoms with Gasteiger partial charge in [0.15, 0.2) is 11.9 Å². The molecular weight excluding hydrogens is 1660 g/mol. The fourth-order valence-electron chi connectivity index (χ4n) is 12.1. The summed E-state index contributed by atoms with van der Waals surface area (Å²) >= 11 is 0. The number of rotatable bonds is 57. The van der Waals surface area contributed by atoms with E-state index in [1.165, 1.54) is 50.6 Å². The topological polar surface area (TPSA) is 822 Å². The van der Waals surface area contributed by atoms with Crippen molar-refractivity contribution < 1.29 is 122 Å². The molecule has 0 radical (unpaired) electrons. The number of aliphatic hydroxyl groups is 3. The van der Waals surface area contributed by atoms with Crippen molar-refractivity contribution in [2.75, 3.05) is 32.8 Å². The number of phenolic OH excluding ortho intramolecular Hbond substituents is 1. The van der Waals surface area contributed by atoms with Gasteiger partial charge < -0.3 is 149 Å². The molecule has 3 aromatic rings. The minimum atomic E-state index is -2.12. The zero-order valence-corrected chi connectivity index (χ0v) is 70.5. The van der Waals surface area contributed by atoms with Crippen LogP contribution >= 0.6 is 0 Å². The number of aromatic nitrogens is 2. The van der Waals surface area contributed by atoms with Crippen molar-refractivity contribution in [1.29, 1.82) is 10.8 Å². The molecule has 0 spiro atoms. The largest absolute Gasteiger partial charge is 0.508 e. The Balaban J connectivity index is 1.92. The van der Waals surface area contributed by atoms with Gasteiger partial charge in [-0.15, -0.1) is 0 Å². The van der Waals surface area contributed by atoms with Crippen LogP contribution in [0.5, 0.6) is 5.75 Å². The second-order valence-corrected chi connectivity index (χ2v) is 30.6. The number of carboxylic acid groups (broad SMARTS) is 3. The summed E-state index contributed by atoms with van der Waals surface area (Å²) < 4.78 is 0. The van der Waals surface area contributed by atoms with Crippen LogP contribution in [0.2, 0.25) is 0 Å². The third-order valence-electron chi connectivity index (χ3n) is 18.6. The van der Waals surface area contributed by atoms with Gasteiger partial charge in [0.2, 0.25) is 88.6 Å². The Labute approximate surface area is 723 Å². The second kappa shape index (κ2) is 54.0. The monoisotopic (exact) mass is 1780 g/mol. The van der Waals surface area contributed by atoms with Crippen molar-refractivity contribution in [2.24, 2.45) is 40.7 Å². The molecule has 696 valence electrons. The number of carboxylic acids is 3. The first kappa shape index (κ1) is 106. The molecule has 1 aromatic heterocycles.